The number of aliphatic hydroxyl groups is 6. The van der Waals surface area contributed by atoms with Gasteiger partial charge in [0.15, 0.2) is 0 Å². The fourth-order valence-corrected chi connectivity index (χ4v) is 6.12. The van der Waals surface area contributed by atoms with Gasteiger partial charge in [0.25, 0.3) is 0 Å². The van der Waals surface area contributed by atoms with Gasteiger partial charge in [-0.25, -0.2) is 8.78 Å². The van der Waals surface area contributed by atoms with Crippen LogP contribution in [-0.4, -0.2) is 74.1 Å². The lowest BCUT2D eigenvalue weighted by Gasteiger charge is -2.48. The highest BCUT2D eigenvalue weighted by Gasteiger charge is 2.48. The van der Waals surface area contributed by atoms with Gasteiger partial charge in [-0.05, 0) is 83.6 Å². The van der Waals surface area contributed by atoms with E-state index < -0.39 is 54.7 Å². The van der Waals surface area contributed by atoms with Crippen LogP contribution >= 0.6 is 0 Å². The molecule has 7 atom stereocenters. The molecule has 1 aliphatic heterocycles. The average Bonchev–Trinajstić information content (AvgIpc) is 3.13. The average molecular weight is 693 g/mol. The molecule has 0 saturated carbocycles. The van der Waals surface area contributed by atoms with E-state index in [1.54, 1.807) is 29.2 Å². The van der Waals surface area contributed by atoms with Gasteiger partial charge in [-0.3, -0.25) is 4.79 Å². The number of nitrogens with one attached hydrogen (secondary N) is 1. The highest BCUT2D eigenvalue weighted by Crippen LogP contribution is 2.46. The van der Waals surface area contributed by atoms with Crippen LogP contribution in [0.4, 0.5) is 14.5 Å². The van der Waals surface area contributed by atoms with Crippen LogP contribution in [0.1, 0.15) is 47.2 Å². The Morgan fingerprint density at radius 3 is 2.00 bits per heavy atom. The van der Waals surface area contributed by atoms with E-state index in [4.69, 9.17) is 9.84 Å². The van der Waals surface area contributed by atoms with Crippen LogP contribution in [-0.2, 0) is 17.9 Å². The van der Waals surface area contributed by atoms with Gasteiger partial charge >= 0.3 is 0 Å². The Morgan fingerprint density at radius 1 is 0.760 bits per heavy atom. The number of β-lactam (4-membered cyclic amide) rings is 1. The van der Waals surface area contributed by atoms with E-state index in [1.807, 2.05) is 36.4 Å². The second kappa shape index (κ2) is 17.1. The lowest BCUT2D eigenvalue weighted by molar-refractivity contribution is -0.131. The van der Waals surface area contributed by atoms with E-state index in [0.717, 1.165) is 16.7 Å². The predicted molar refractivity (Wildman–Crippen MR) is 181 cm³/mol. The summed E-state index contributed by atoms with van der Waals surface area (Å²) in [4.78, 5) is 15.0. The second-order valence-corrected chi connectivity index (χ2v) is 12.4. The van der Waals surface area contributed by atoms with Crippen LogP contribution in [0.3, 0.4) is 0 Å². The maximum absolute atomic E-state index is 13.7. The Labute approximate surface area is 288 Å². The number of halogens is 2. The number of hydrogen-bond acceptors (Lipinski definition) is 9. The first-order valence-electron chi connectivity index (χ1n) is 16.4. The highest BCUT2D eigenvalue weighted by molar-refractivity contribution is 6.03. The number of carbonyl (C=O) groups is 1. The number of carbonyl (C=O) groups excluding carboxylic acids is 1. The second-order valence-electron chi connectivity index (χ2n) is 12.4. The number of ether oxygens (including phenoxy) is 1. The van der Waals surface area contributed by atoms with E-state index in [0.29, 0.717) is 36.4 Å². The van der Waals surface area contributed by atoms with Gasteiger partial charge in [-0.2, -0.15) is 0 Å². The minimum absolute atomic E-state index is 0.0855. The zero-order valence-electron chi connectivity index (χ0n) is 27.2. The lowest BCUT2D eigenvalue weighted by Crippen LogP contribution is -2.55. The minimum Gasteiger partial charge on any atom is -0.489 e. The molecule has 1 aliphatic rings. The molecule has 5 rings (SSSR count). The van der Waals surface area contributed by atoms with Crippen LogP contribution in [0, 0.1) is 17.6 Å². The zero-order valence-corrected chi connectivity index (χ0v) is 27.2. The highest BCUT2D eigenvalue weighted by atomic mass is 19.1. The molecule has 12 heteroatoms. The van der Waals surface area contributed by atoms with Crippen molar-refractivity contribution in [3.63, 3.8) is 0 Å². The molecule has 0 spiro atoms. The fraction of sp³-hybridized carbons (Fsp3) is 0.342. The molecule has 1 saturated heterocycles. The van der Waals surface area contributed by atoms with E-state index in [2.05, 4.69) is 5.32 Å². The maximum atomic E-state index is 13.7. The van der Waals surface area contributed by atoms with Crippen LogP contribution in [0.5, 0.6) is 5.75 Å². The number of nitrogens with zero attached hydrogens (tertiary/aromatic N) is 1. The number of amides is 1. The van der Waals surface area contributed by atoms with Crippen molar-refractivity contribution in [2.45, 2.75) is 62.6 Å². The van der Waals surface area contributed by atoms with Crippen molar-refractivity contribution in [1.29, 1.82) is 0 Å². The van der Waals surface area contributed by atoms with Gasteiger partial charge in [0.1, 0.15) is 42.3 Å². The largest absolute Gasteiger partial charge is 0.489 e. The van der Waals surface area contributed by atoms with Crippen LogP contribution in [0.25, 0.3) is 0 Å². The maximum Gasteiger partial charge on any atom is 0.233 e. The van der Waals surface area contributed by atoms with E-state index in [9.17, 15) is 39.1 Å². The van der Waals surface area contributed by atoms with Gasteiger partial charge in [0, 0.05) is 18.8 Å². The van der Waals surface area contributed by atoms with Crippen molar-refractivity contribution in [3.05, 3.63) is 131 Å². The molecule has 1 fully saturated rings. The van der Waals surface area contributed by atoms with Crippen molar-refractivity contribution in [2.24, 2.45) is 5.92 Å². The molecule has 1 heterocycles. The molecule has 4 aromatic rings. The first-order chi connectivity index (χ1) is 24.1. The molecule has 1 amide bonds. The van der Waals surface area contributed by atoms with Crippen molar-refractivity contribution in [3.8, 4) is 5.75 Å². The Kier molecular flexibility index (Phi) is 12.7. The molecule has 4 aromatic carbocycles. The molecule has 0 radical (unpaired) electrons. The quantitative estimate of drug-likeness (QED) is 0.0824. The number of rotatable bonds is 17. The Hall–Kier alpha value is -4.27. The third kappa shape index (κ3) is 8.90. The monoisotopic (exact) mass is 692 g/mol. The SMILES string of the molecule is O=C1C(CCC(O)c2ccc(F)cc2)C(c2ccc(OCc3ccccc3CNCC(O)C(O)C(O)C(O)CO)cc2)N1c1ccc(F)cc1. The summed E-state index contributed by atoms with van der Waals surface area (Å²) in [5.74, 6) is -0.817. The Bertz CT molecular complexity index is 1680. The first-order valence-corrected chi connectivity index (χ1v) is 16.4. The number of hydrogen-bond donors (Lipinski definition) is 7. The van der Waals surface area contributed by atoms with Crippen molar-refractivity contribution < 1.29 is 49.0 Å². The molecule has 7 unspecified atom stereocenters. The minimum atomic E-state index is -1.70. The molecule has 266 valence electrons. The van der Waals surface area contributed by atoms with Crippen molar-refractivity contribution in [1.82, 2.24) is 5.32 Å². The number of anilines is 1. The van der Waals surface area contributed by atoms with Gasteiger partial charge in [0.2, 0.25) is 5.91 Å². The number of aliphatic hydroxyl groups excluding tert-OH is 6. The summed E-state index contributed by atoms with van der Waals surface area (Å²) < 4.78 is 33.1. The summed E-state index contributed by atoms with van der Waals surface area (Å²) in [7, 11) is 0. The van der Waals surface area contributed by atoms with Crippen molar-refractivity contribution in [2.75, 3.05) is 18.1 Å². The molecule has 0 aromatic heterocycles. The fourth-order valence-electron chi connectivity index (χ4n) is 6.12. The summed E-state index contributed by atoms with van der Waals surface area (Å²) in [6.45, 7) is -0.309. The van der Waals surface area contributed by atoms with Crippen LogP contribution in [0.15, 0.2) is 97.1 Å². The standard InChI is InChI=1S/C38H42F2N2O8/c39-27-9-5-23(6-10-27)32(44)18-17-31-35(42(38(31)49)29-13-11-28(40)12-14-29)24-7-15-30(16-8-24)50-22-26-4-2-1-3-25(26)19-41-20-33(45)36(47)37(48)34(46)21-43/h1-16,31-37,41,43-48H,17-22H2. The van der Waals surface area contributed by atoms with E-state index in [1.165, 1.54) is 36.4 Å². The van der Waals surface area contributed by atoms with E-state index >= 15 is 0 Å². The third-order valence-corrected chi connectivity index (χ3v) is 9.05. The van der Waals surface area contributed by atoms with Gasteiger partial charge < -0.3 is 45.6 Å². The molecule has 0 bridgehead atoms. The molecular weight excluding hydrogens is 650 g/mol. The van der Waals surface area contributed by atoms with Crippen LogP contribution < -0.4 is 15.0 Å². The lowest BCUT2D eigenvalue weighted by atomic mass is 9.78. The van der Waals surface area contributed by atoms with Gasteiger partial charge in [0.05, 0.1) is 30.8 Å². The number of benzene rings is 4. The smallest absolute Gasteiger partial charge is 0.233 e. The summed E-state index contributed by atoms with van der Waals surface area (Å²) in [5.41, 5.74) is 3.69. The Balaban J connectivity index is 1.22. The van der Waals surface area contributed by atoms with Crippen LogP contribution in [0.2, 0.25) is 0 Å². The first kappa shape index (κ1) is 37.0. The molecule has 50 heavy (non-hydrogen) atoms. The predicted octanol–water partition coefficient (Wildman–Crippen LogP) is 3.29. The summed E-state index contributed by atoms with van der Waals surface area (Å²) in [6.07, 6.45) is -6.53. The third-order valence-electron chi connectivity index (χ3n) is 9.05. The topological polar surface area (TPSA) is 163 Å². The van der Waals surface area contributed by atoms with Gasteiger partial charge in [-0.15, -0.1) is 0 Å². The summed E-state index contributed by atoms with van der Waals surface area (Å²) >= 11 is 0. The van der Waals surface area contributed by atoms with E-state index in [-0.39, 0.29) is 25.1 Å². The van der Waals surface area contributed by atoms with Crippen molar-refractivity contribution >= 4 is 11.6 Å². The Morgan fingerprint density at radius 2 is 1.36 bits per heavy atom. The zero-order chi connectivity index (χ0) is 35.8. The summed E-state index contributed by atoms with van der Waals surface area (Å²) in [6, 6.07) is 25.8. The molecule has 7 N–H and O–H groups in total. The molecule has 10 nitrogen and oxygen atoms in total. The molecular formula is C38H42F2N2O8. The normalized spacial score (nSPS) is 19.0. The molecule has 0 aliphatic carbocycles. The van der Waals surface area contributed by atoms with Gasteiger partial charge in [-0.1, -0.05) is 48.5 Å². The summed E-state index contributed by atoms with van der Waals surface area (Å²) in [5, 5.41) is 62.3.